The number of benzene rings is 1. The van der Waals surface area contributed by atoms with Crippen molar-refractivity contribution in [1.82, 2.24) is 10.2 Å². The number of halogens is 1. The van der Waals surface area contributed by atoms with E-state index < -0.39 is 12.0 Å². The van der Waals surface area contributed by atoms with Crippen molar-refractivity contribution in [3.05, 3.63) is 34.3 Å². The topological polar surface area (TPSA) is 52.6 Å². The summed E-state index contributed by atoms with van der Waals surface area (Å²) in [6.45, 7) is 3.22. The first-order valence-electron chi connectivity index (χ1n) is 5.61. The quantitative estimate of drug-likeness (QED) is 0.888. The van der Waals surface area contributed by atoms with Gasteiger partial charge in [0.05, 0.1) is 0 Å². The van der Waals surface area contributed by atoms with E-state index in [0.717, 1.165) is 36.2 Å². The Morgan fingerprint density at radius 1 is 1.41 bits per heavy atom. The Balaban J connectivity index is 2.25. The summed E-state index contributed by atoms with van der Waals surface area (Å²) in [5.74, 6) is -0.787. The average Bonchev–Trinajstić information content (AvgIpc) is 2.30. The molecule has 0 spiro atoms. The summed E-state index contributed by atoms with van der Waals surface area (Å²) in [5.41, 5.74) is 0.828. The van der Waals surface area contributed by atoms with Gasteiger partial charge in [-0.3, -0.25) is 9.69 Å². The molecule has 2 N–H and O–H groups in total. The number of carbonyl (C=O) groups is 1. The number of nitrogens with one attached hydrogen (secondary N) is 1. The SMILES string of the molecule is O=C(O)C(c1cccc(Br)c1)N1CCNCC1. The summed E-state index contributed by atoms with van der Waals surface area (Å²) in [6.07, 6.45) is 0. The van der Waals surface area contributed by atoms with Crippen LogP contribution in [0.15, 0.2) is 28.7 Å². The third-order valence-corrected chi connectivity index (χ3v) is 3.41. The van der Waals surface area contributed by atoms with Crippen molar-refractivity contribution in [1.29, 1.82) is 0 Å². The van der Waals surface area contributed by atoms with Gasteiger partial charge in [0.25, 0.3) is 0 Å². The Bertz CT molecular complexity index is 405. The first-order valence-corrected chi connectivity index (χ1v) is 6.41. The van der Waals surface area contributed by atoms with E-state index in [4.69, 9.17) is 0 Å². The van der Waals surface area contributed by atoms with Gasteiger partial charge in [0.1, 0.15) is 6.04 Å². The number of carboxylic acids is 1. The molecule has 1 atom stereocenters. The van der Waals surface area contributed by atoms with Crippen LogP contribution in [0.2, 0.25) is 0 Å². The van der Waals surface area contributed by atoms with E-state index >= 15 is 0 Å². The van der Waals surface area contributed by atoms with Gasteiger partial charge in [-0.15, -0.1) is 0 Å². The number of aliphatic carboxylic acids is 1. The molecule has 4 nitrogen and oxygen atoms in total. The molecular formula is C12H15BrN2O2. The second-order valence-electron chi connectivity index (χ2n) is 4.08. The lowest BCUT2D eigenvalue weighted by Gasteiger charge is -2.32. The van der Waals surface area contributed by atoms with Crippen molar-refractivity contribution in [2.24, 2.45) is 0 Å². The minimum absolute atomic E-state index is 0.547. The molecule has 5 heteroatoms. The second kappa shape index (κ2) is 5.62. The highest BCUT2D eigenvalue weighted by molar-refractivity contribution is 9.10. The smallest absolute Gasteiger partial charge is 0.325 e. The zero-order valence-corrected chi connectivity index (χ0v) is 11.0. The third kappa shape index (κ3) is 3.06. The monoisotopic (exact) mass is 298 g/mol. The lowest BCUT2D eigenvalue weighted by molar-refractivity contribution is -0.143. The lowest BCUT2D eigenvalue weighted by atomic mass is 10.0. The van der Waals surface area contributed by atoms with Gasteiger partial charge in [0.2, 0.25) is 0 Å². The Morgan fingerprint density at radius 2 is 2.12 bits per heavy atom. The molecule has 1 unspecified atom stereocenters. The molecule has 1 aromatic carbocycles. The normalized spacial score (nSPS) is 18.9. The molecule has 1 heterocycles. The molecule has 2 rings (SSSR count). The zero-order chi connectivity index (χ0) is 12.3. The molecule has 0 radical (unpaired) electrons. The highest BCUT2D eigenvalue weighted by atomic mass is 79.9. The van der Waals surface area contributed by atoms with Crippen LogP contribution in [-0.2, 0) is 4.79 Å². The molecule has 0 saturated carbocycles. The Morgan fingerprint density at radius 3 is 2.71 bits per heavy atom. The largest absolute Gasteiger partial charge is 0.480 e. The van der Waals surface area contributed by atoms with E-state index in [9.17, 15) is 9.90 Å². The van der Waals surface area contributed by atoms with Crippen LogP contribution in [0.4, 0.5) is 0 Å². The van der Waals surface area contributed by atoms with Crippen molar-refractivity contribution in [2.75, 3.05) is 26.2 Å². The summed E-state index contributed by atoms with van der Waals surface area (Å²) >= 11 is 3.38. The van der Waals surface area contributed by atoms with Gasteiger partial charge in [-0.25, -0.2) is 0 Å². The van der Waals surface area contributed by atoms with E-state index in [1.54, 1.807) is 0 Å². The van der Waals surface area contributed by atoms with Gasteiger partial charge in [0, 0.05) is 30.7 Å². The Kier molecular flexibility index (Phi) is 4.15. The van der Waals surface area contributed by atoms with Crippen molar-refractivity contribution >= 4 is 21.9 Å². The van der Waals surface area contributed by atoms with Gasteiger partial charge in [-0.05, 0) is 17.7 Å². The number of rotatable bonds is 3. The van der Waals surface area contributed by atoms with Crippen LogP contribution in [0.5, 0.6) is 0 Å². The van der Waals surface area contributed by atoms with Crippen LogP contribution in [0.25, 0.3) is 0 Å². The fourth-order valence-corrected chi connectivity index (χ4v) is 2.54. The van der Waals surface area contributed by atoms with Gasteiger partial charge in [0.15, 0.2) is 0 Å². The molecule has 1 aliphatic heterocycles. The maximum absolute atomic E-state index is 11.4. The summed E-state index contributed by atoms with van der Waals surface area (Å²) in [6, 6.07) is 6.97. The van der Waals surface area contributed by atoms with E-state index in [1.165, 1.54) is 0 Å². The number of piperazine rings is 1. The van der Waals surface area contributed by atoms with Crippen LogP contribution in [0.1, 0.15) is 11.6 Å². The molecule has 17 heavy (non-hydrogen) atoms. The van der Waals surface area contributed by atoms with Gasteiger partial charge in [-0.1, -0.05) is 28.1 Å². The van der Waals surface area contributed by atoms with Crippen LogP contribution in [0.3, 0.4) is 0 Å². The molecule has 1 aromatic rings. The minimum Gasteiger partial charge on any atom is -0.480 e. The Labute approximate surface area is 109 Å². The highest BCUT2D eigenvalue weighted by Crippen LogP contribution is 2.24. The molecule has 0 aliphatic carbocycles. The van der Waals surface area contributed by atoms with Gasteiger partial charge >= 0.3 is 5.97 Å². The van der Waals surface area contributed by atoms with Crippen molar-refractivity contribution in [3.63, 3.8) is 0 Å². The fourth-order valence-electron chi connectivity index (χ4n) is 2.13. The number of nitrogens with zero attached hydrogens (tertiary/aromatic N) is 1. The molecule has 0 bridgehead atoms. The van der Waals surface area contributed by atoms with Gasteiger partial charge in [-0.2, -0.15) is 0 Å². The Hall–Kier alpha value is -0.910. The molecule has 1 fully saturated rings. The van der Waals surface area contributed by atoms with Gasteiger partial charge < -0.3 is 10.4 Å². The molecule has 0 aromatic heterocycles. The van der Waals surface area contributed by atoms with E-state index in [1.807, 2.05) is 29.2 Å². The lowest BCUT2D eigenvalue weighted by Crippen LogP contribution is -2.47. The molecule has 92 valence electrons. The third-order valence-electron chi connectivity index (χ3n) is 2.92. The summed E-state index contributed by atoms with van der Waals surface area (Å²) < 4.78 is 0.913. The number of hydrogen-bond donors (Lipinski definition) is 2. The standard InChI is InChI=1S/C12H15BrN2O2/c13-10-3-1-2-9(8-10)11(12(16)17)15-6-4-14-5-7-15/h1-3,8,11,14H,4-7H2,(H,16,17). The molecule has 0 amide bonds. The van der Waals surface area contributed by atoms with E-state index in [2.05, 4.69) is 21.2 Å². The van der Waals surface area contributed by atoms with Crippen LogP contribution in [-0.4, -0.2) is 42.2 Å². The van der Waals surface area contributed by atoms with Crippen molar-refractivity contribution in [3.8, 4) is 0 Å². The van der Waals surface area contributed by atoms with Crippen LogP contribution < -0.4 is 5.32 Å². The van der Waals surface area contributed by atoms with Crippen LogP contribution >= 0.6 is 15.9 Å². The predicted molar refractivity (Wildman–Crippen MR) is 69.0 cm³/mol. The number of hydrogen-bond acceptors (Lipinski definition) is 3. The van der Waals surface area contributed by atoms with E-state index in [-0.39, 0.29) is 0 Å². The van der Waals surface area contributed by atoms with E-state index in [0.29, 0.717) is 0 Å². The van der Waals surface area contributed by atoms with Crippen molar-refractivity contribution in [2.45, 2.75) is 6.04 Å². The van der Waals surface area contributed by atoms with Crippen LogP contribution in [0, 0.1) is 0 Å². The maximum Gasteiger partial charge on any atom is 0.325 e. The number of carboxylic acid groups (broad SMARTS) is 1. The molecular weight excluding hydrogens is 284 g/mol. The molecule has 1 aliphatic rings. The molecule has 1 saturated heterocycles. The average molecular weight is 299 g/mol. The van der Waals surface area contributed by atoms with Crippen molar-refractivity contribution < 1.29 is 9.90 Å². The summed E-state index contributed by atoms with van der Waals surface area (Å²) in [7, 11) is 0. The predicted octanol–water partition coefficient (Wildman–Crippen LogP) is 1.48. The zero-order valence-electron chi connectivity index (χ0n) is 9.40. The highest BCUT2D eigenvalue weighted by Gasteiger charge is 2.28. The maximum atomic E-state index is 11.4. The first kappa shape index (κ1) is 12.5. The second-order valence-corrected chi connectivity index (χ2v) is 5.00. The summed E-state index contributed by atoms with van der Waals surface area (Å²) in [4.78, 5) is 13.4. The minimum atomic E-state index is -0.787. The summed E-state index contributed by atoms with van der Waals surface area (Å²) in [5, 5.41) is 12.6. The fraction of sp³-hybridized carbons (Fsp3) is 0.417. The first-order chi connectivity index (χ1) is 8.18.